The van der Waals surface area contributed by atoms with Gasteiger partial charge in [0.2, 0.25) is 0 Å². The van der Waals surface area contributed by atoms with Gasteiger partial charge in [0.15, 0.2) is 0 Å². The molecule has 0 N–H and O–H groups in total. The summed E-state index contributed by atoms with van der Waals surface area (Å²) in [4.78, 5) is 13.1. The first-order chi connectivity index (χ1) is 8.51. The van der Waals surface area contributed by atoms with Crippen molar-refractivity contribution < 1.29 is 0 Å². The van der Waals surface area contributed by atoms with Crippen LogP contribution in [0.15, 0.2) is 36.9 Å². The van der Waals surface area contributed by atoms with Crippen molar-refractivity contribution in [3.8, 4) is 0 Å². The van der Waals surface area contributed by atoms with E-state index in [4.69, 9.17) is 0 Å². The zero-order valence-corrected chi connectivity index (χ0v) is 11.4. The Balaban J connectivity index is 2.36. The summed E-state index contributed by atoms with van der Waals surface area (Å²) in [5.41, 5.74) is 3.07. The lowest BCUT2D eigenvalue weighted by Gasteiger charge is -2.24. The molecule has 3 heteroatoms. The van der Waals surface area contributed by atoms with Crippen LogP contribution in [0, 0.1) is 0 Å². The number of rotatable bonds is 3. The minimum Gasteiger partial charge on any atom is -0.261 e. The van der Waals surface area contributed by atoms with Gasteiger partial charge in [-0.1, -0.05) is 33.8 Å². The van der Waals surface area contributed by atoms with Crippen LogP contribution in [0.4, 0.5) is 0 Å². The largest absolute Gasteiger partial charge is 0.261 e. The summed E-state index contributed by atoms with van der Waals surface area (Å²) < 4.78 is 0. The Morgan fingerprint density at radius 3 is 2.28 bits per heavy atom. The molecule has 0 aliphatic heterocycles. The maximum absolute atomic E-state index is 4.52. The zero-order valence-electron chi connectivity index (χ0n) is 11.4. The van der Waals surface area contributed by atoms with E-state index in [-0.39, 0.29) is 5.41 Å². The molecule has 94 valence electrons. The van der Waals surface area contributed by atoms with Gasteiger partial charge in [0.25, 0.3) is 0 Å². The Morgan fingerprint density at radius 2 is 1.78 bits per heavy atom. The van der Waals surface area contributed by atoms with Gasteiger partial charge in [-0.2, -0.15) is 0 Å². The Morgan fingerprint density at radius 1 is 1.00 bits per heavy atom. The molecule has 2 rings (SSSR count). The summed E-state index contributed by atoms with van der Waals surface area (Å²) in [6.07, 6.45) is 7.19. The molecule has 2 heterocycles. The van der Waals surface area contributed by atoms with Crippen molar-refractivity contribution in [2.45, 2.75) is 39.0 Å². The van der Waals surface area contributed by atoms with E-state index >= 15 is 0 Å². The maximum atomic E-state index is 4.52. The van der Waals surface area contributed by atoms with E-state index < -0.39 is 0 Å². The lowest BCUT2D eigenvalue weighted by atomic mass is 9.82. The molecule has 0 saturated heterocycles. The molecule has 3 nitrogen and oxygen atoms in total. The molecule has 2 aromatic heterocycles. The van der Waals surface area contributed by atoms with Gasteiger partial charge in [-0.05, 0) is 17.5 Å². The fraction of sp³-hybridized carbons (Fsp3) is 0.400. The van der Waals surface area contributed by atoms with Gasteiger partial charge < -0.3 is 0 Å². The number of hydrogen-bond donors (Lipinski definition) is 0. The minimum atomic E-state index is -0.170. The Kier molecular flexibility index (Phi) is 3.41. The van der Waals surface area contributed by atoms with Crippen molar-refractivity contribution >= 4 is 0 Å². The highest BCUT2D eigenvalue weighted by Crippen LogP contribution is 2.29. The van der Waals surface area contributed by atoms with Gasteiger partial charge in [-0.25, -0.2) is 0 Å². The van der Waals surface area contributed by atoms with Crippen molar-refractivity contribution in [3.63, 3.8) is 0 Å². The van der Waals surface area contributed by atoms with Gasteiger partial charge in [-0.3, -0.25) is 15.0 Å². The third-order valence-corrected chi connectivity index (χ3v) is 3.30. The second-order valence-corrected chi connectivity index (χ2v) is 5.34. The average molecular weight is 241 g/mol. The van der Waals surface area contributed by atoms with E-state index in [1.165, 1.54) is 0 Å². The number of pyridine rings is 1. The fourth-order valence-corrected chi connectivity index (χ4v) is 1.89. The quantitative estimate of drug-likeness (QED) is 0.827. The molecular formula is C15H19N3. The Bertz CT molecular complexity index is 501. The Labute approximate surface area is 108 Å². The van der Waals surface area contributed by atoms with E-state index in [9.17, 15) is 0 Å². The van der Waals surface area contributed by atoms with E-state index in [1.54, 1.807) is 12.4 Å². The van der Waals surface area contributed by atoms with Crippen LogP contribution in [0.3, 0.4) is 0 Å². The highest BCUT2D eigenvalue weighted by atomic mass is 14.8. The molecule has 0 atom stereocenters. The molecule has 0 aromatic carbocycles. The number of nitrogens with zero attached hydrogens (tertiary/aromatic N) is 3. The molecule has 0 unspecified atom stereocenters. The monoisotopic (exact) mass is 241 g/mol. The van der Waals surface area contributed by atoms with Crippen LogP contribution in [-0.4, -0.2) is 15.0 Å². The molecule has 0 aliphatic rings. The molecule has 2 aromatic rings. The summed E-state index contributed by atoms with van der Waals surface area (Å²) in [6, 6.07) is 4.23. The summed E-state index contributed by atoms with van der Waals surface area (Å²) in [5.74, 6) is 0.457. The van der Waals surface area contributed by atoms with Crippen LogP contribution in [0.2, 0.25) is 0 Å². The van der Waals surface area contributed by atoms with Gasteiger partial charge in [-0.15, -0.1) is 0 Å². The lowest BCUT2D eigenvalue weighted by Crippen LogP contribution is -2.21. The molecule has 0 spiro atoms. The zero-order chi connectivity index (χ0) is 13.2. The summed E-state index contributed by atoms with van der Waals surface area (Å²) in [6.45, 7) is 8.58. The van der Waals surface area contributed by atoms with Crippen LogP contribution < -0.4 is 0 Å². The van der Waals surface area contributed by atoms with Crippen LogP contribution in [0.5, 0.6) is 0 Å². The molecular weight excluding hydrogens is 222 g/mol. The van der Waals surface area contributed by atoms with E-state index in [0.29, 0.717) is 5.92 Å². The number of hydrogen-bond acceptors (Lipinski definition) is 3. The van der Waals surface area contributed by atoms with Gasteiger partial charge >= 0.3 is 0 Å². The van der Waals surface area contributed by atoms with Crippen molar-refractivity contribution in [3.05, 3.63) is 53.9 Å². The van der Waals surface area contributed by atoms with E-state index in [0.717, 1.165) is 17.0 Å². The molecule has 0 amide bonds. The normalized spacial score (nSPS) is 11.8. The molecule has 18 heavy (non-hydrogen) atoms. The van der Waals surface area contributed by atoms with Crippen LogP contribution in [0.25, 0.3) is 0 Å². The van der Waals surface area contributed by atoms with Gasteiger partial charge in [0.1, 0.15) is 0 Å². The first-order valence-electron chi connectivity index (χ1n) is 6.24. The predicted molar refractivity (Wildman–Crippen MR) is 72.5 cm³/mol. The predicted octanol–water partition coefficient (Wildman–Crippen LogP) is 3.32. The molecule has 0 aliphatic carbocycles. The summed E-state index contributed by atoms with van der Waals surface area (Å²) >= 11 is 0. The van der Waals surface area contributed by atoms with Crippen molar-refractivity contribution in [1.82, 2.24) is 15.0 Å². The second-order valence-electron chi connectivity index (χ2n) is 5.34. The molecule has 0 saturated carbocycles. The lowest BCUT2D eigenvalue weighted by molar-refractivity contribution is 0.608. The maximum Gasteiger partial charge on any atom is 0.0687 e. The van der Waals surface area contributed by atoms with E-state index in [2.05, 4.69) is 54.8 Å². The highest BCUT2D eigenvalue weighted by Gasteiger charge is 2.25. The summed E-state index contributed by atoms with van der Waals surface area (Å²) in [5, 5.41) is 0. The van der Waals surface area contributed by atoms with Gasteiger partial charge in [0, 0.05) is 35.9 Å². The van der Waals surface area contributed by atoms with E-state index in [1.807, 2.05) is 12.4 Å². The number of aromatic nitrogens is 3. The Hall–Kier alpha value is -1.77. The smallest absolute Gasteiger partial charge is 0.0687 e. The standard InChI is InChI=1S/C15H19N3/c1-11(2)13-6-5-12(9-18-13)15(3,4)14-10-16-7-8-17-14/h5-11H,1-4H3. The van der Waals surface area contributed by atoms with Gasteiger partial charge in [0.05, 0.1) is 5.69 Å². The van der Waals surface area contributed by atoms with Crippen LogP contribution in [0.1, 0.15) is 50.6 Å². The van der Waals surface area contributed by atoms with Crippen molar-refractivity contribution in [1.29, 1.82) is 0 Å². The molecule has 0 fully saturated rings. The van der Waals surface area contributed by atoms with Crippen molar-refractivity contribution in [2.24, 2.45) is 0 Å². The second kappa shape index (κ2) is 4.84. The van der Waals surface area contributed by atoms with Crippen LogP contribution >= 0.6 is 0 Å². The SMILES string of the molecule is CC(C)c1ccc(C(C)(C)c2cnccn2)cn1. The minimum absolute atomic E-state index is 0.170. The fourth-order valence-electron chi connectivity index (χ4n) is 1.89. The van der Waals surface area contributed by atoms with Crippen molar-refractivity contribution in [2.75, 3.05) is 0 Å². The highest BCUT2D eigenvalue weighted by molar-refractivity contribution is 5.31. The summed E-state index contributed by atoms with van der Waals surface area (Å²) in [7, 11) is 0. The third kappa shape index (κ3) is 2.40. The third-order valence-electron chi connectivity index (χ3n) is 3.30. The topological polar surface area (TPSA) is 38.7 Å². The molecule has 0 radical (unpaired) electrons. The average Bonchev–Trinajstić information content (AvgIpc) is 2.40. The first-order valence-corrected chi connectivity index (χ1v) is 6.24. The molecule has 0 bridgehead atoms. The van der Waals surface area contributed by atoms with Crippen LogP contribution in [-0.2, 0) is 5.41 Å². The first kappa shape index (κ1) is 12.7.